The normalized spacial score (nSPS) is 12.9. The van der Waals surface area contributed by atoms with Gasteiger partial charge in [0.1, 0.15) is 5.60 Å². The van der Waals surface area contributed by atoms with Crippen LogP contribution in [-0.4, -0.2) is 11.7 Å². The van der Waals surface area contributed by atoms with Crippen LogP contribution < -0.4 is 5.32 Å². The number of aliphatic hydroxyl groups is 1. The molecule has 130 valence electrons. The van der Waals surface area contributed by atoms with Gasteiger partial charge in [-0.05, 0) is 28.8 Å². The summed E-state index contributed by atoms with van der Waals surface area (Å²) in [5.74, 6) is 0. The summed E-state index contributed by atoms with van der Waals surface area (Å²) >= 11 is 3.45. The van der Waals surface area contributed by atoms with Gasteiger partial charge in [0.2, 0.25) is 0 Å². The lowest BCUT2D eigenvalue weighted by Gasteiger charge is -2.30. The molecule has 0 saturated heterocycles. The first-order valence-corrected chi connectivity index (χ1v) is 8.76. The molecule has 2 nitrogen and oxygen atoms in total. The first-order valence-electron chi connectivity index (χ1n) is 7.97. The Morgan fingerprint density at radius 3 is 1.88 bits per heavy atom. The Morgan fingerprint density at radius 2 is 1.28 bits per heavy atom. The van der Waals surface area contributed by atoms with Crippen LogP contribution in [0.15, 0.2) is 89.4 Å². The zero-order chi connectivity index (χ0) is 16.8. The average Bonchev–Trinajstić information content (AvgIpc) is 2.64. The van der Waals surface area contributed by atoms with E-state index in [1.54, 1.807) is 0 Å². The highest BCUT2D eigenvalue weighted by molar-refractivity contribution is 9.10. The lowest BCUT2D eigenvalue weighted by Crippen LogP contribution is -2.39. The number of rotatable bonds is 6. The van der Waals surface area contributed by atoms with Crippen LogP contribution in [0.1, 0.15) is 16.7 Å². The van der Waals surface area contributed by atoms with Crippen molar-refractivity contribution in [3.8, 4) is 0 Å². The first-order chi connectivity index (χ1) is 11.7. The summed E-state index contributed by atoms with van der Waals surface area (Å²) in [7, 11) is 0. The molecule has 0 spiro atoms. The van der Waals surface area contributed by atoms with Crippen molar-refractivity contribution in [2.24, 2.45) is 0 Å². The first kappa shape index (κ1) is 19.7. The minimum absolute atomic E-state index is 0. The molecule has 0 aliphatic rings. The van der Waals surface area contributed by atoms with Gasteiger partial charge in [0, 0.05) is 17.6 Å². The molecule has 3 aromatic carbocycles. The highest BCUT2D eigenvalue weighted by atomic mass is 79.9. The predicted molar refractivity (Wildman–Crippen MR) is 109 cm³/mol. The van der Waals surface area contributed by atoms with E-state index in [9.17, 15) is 5.11 Å². The van der Waals surface area contributed by atoms with E-state index in [4.69, 9.17) is 0 Å². The topological polar surface area (TPSA) is 32.3 Å². The van der Waals surface area contributed by atoms with Crippen LogP contribution in [0.3, 0.4) is 0 Å². The van der Waals surface area contributed by atoms with Crippen LogP contribution in [-0.2, 0) is 12.1 Å². The lowest BCUT2D eigenvalue weighted by atomic mass is 9.86. The van der Waals surface area contributed by atoms with Crippen LogP contribution in [0.2, 0.25) is 0 Å². The van der Waals surface area contributed by atoms with E-state index >= 15 is 0 Å². The molecular weight excluding hydrogens is 398 g/mol. The second kappa shape index (κ2) is 9.16. The summed E-state index contributed by atoms with van der Waals surface area (Å²) in [5.41, 5.74) is 1.88. The van der Waals surface area contributed by atoms with Crippen molar-refractivity contribution in [3.63, 3.8) is 0 Å². The van der Waals surface area contributed by atoms with E-state index in [1.807, 2.05) is 72.8 Å². The highest BCUT2D eigenvalue weighted by Crippen LogP contribution is 2.30. The highest BCUT2D eigenvalue weighted by Gasteiger charge is 2.31. The minimum Gasteiger partial charge on any atom is -0.379 e. The third-order valence-electron chi connectivity index (χ3n) is 4.13. The second-order valence-electron chi connectivity index (χ2n) is 5.82. The van der Waals surface area contributed by atoms with Crippen molar-refractivity contribution < 1.29 is 5.11 Å². The van der Waals surface area contributed by atoms with Crippen LogP contribution in [0.5, 0.6) is 0 Å². The summed E-state index contributed by atoms with van der Waals surface area (Å²) in [4.78, 5) is 0. The third-order valence-corrected chi connectivity index (χ3v) is 4.65. The quantitative estimate of drug-likeness (QED) is 0.597. The van der Waals surface area contributed by atoms with Gasteiger partial charge in [-0.25, -0.2) is 0 Å². The molecule has 0 heterocycles. The van der Waals surface area contributed by atoms with Gasteiger partial charge in [-0.15, -0.1) is 12.4 Å². The molecule has 0 amide bonds. The molecule has 3 rings (SSSR count). The Bertz CT molecular complexity index is 765. The summed E-state index contributed by atoms with van der Waals surface area (Å²) in [6.07, 6.45) is 0. The molecule has 0 aliphatic heterocycles. The molecule has 3 aromatic rings. The summed E-state index contributed by atoms with van der Waals surface area (Å²) in [6.45, 7) is 1.15. The zero-order valence-electron chi connectivity index (χ0n) is 13.7. The maximum absolute atomic E-state index is 11.4. The Labute approximate surface area is 163 Å². The Morgan fingerprint density at radius 1 is 0.760 bits per heavy atom. The SMILES string of the molecule is Cl.OC(CNCc1ccccc1)(c1ccccc1)c1ccc(Br)cc1. The summed E-state index contributed by atoms with van der Waals surface area (Å²) < 4.78 is 0.999. The summed E-state index contributed by atoms with van der Waals surface area (Å²) in [5, 5.41) is 14.8. The van der Waals surface area contributed by atoms with E-state index in [0.717, 1.165) is 15.6 Å². The Hall–Kier alpha value is -1.65. The monoisotopic (exact) mass is 417 g/mol. The van der Waals surface area contributed by atoms with Gasteiger partial charge in [-0.2, -0.15) is 0 Å². The number of benzene rings is 3. The molecule has 0 radical (unpaired) electrons. The van der Waals surface area contributed by atoms with Gasteiger partial charge in [0.15, 0.2) is 0 Å². The molecule has 2 N–H and O–H groups in total. The van der Waals surface area contributed by atoms with Gasteiger partial charge < -0.3 is 10.4 Å². The molecule has 0 fully saturated rings. The largest absolute Gasteiger partial charge is 0.379 e. The van der Waals surface area contributed by atoms with E-state index in [2.05, 4.69) is 33.4 Å². The molecule has 0 bridgehead atoms. The van der Waals surface area contributed by atoms with Crippen molar-refractivity contribution in [3.05, 3.63) is 106 Å². The molecule has 1 atom stereocenters. The molecule has 0 saturated carbocycles. The number of halogens is 2. The smallest absolute Gasteiger partial charge is 0.127 e. The van der Waals surface area contributed by atoms with Crippen molar-refractivity contribution >= 4 is 28.3 Å². The maximum atomic E-state index is 11.4. The van der Waals surface area contributed by atoms with Crippen LogP contribution in [0, 0.1) is 0 Å². The lowest BCUT2D eigenvalue weighted by molar-refractivity contribution is 0.0796. The third kappa shape index (κ3) is 4.93. The van der Waals surface area contributed by atoms with Crippen LogP contribution in [0.25, 0.3) is 0 Å². The van der Waals surface area contributed by atoms with Crippen molar-refractivity contribution in [1.29, 1.82) is 0 Å². The predicted octanol–water partition coefficient (Wildman–Crippen LogP) is 4.90. The van der Waals surface area contributed by atoms with E-state index in [1.165, 1.54) is 5.56 Å². The standard InChI is InChI=1S/C21H20BrNO.ClH/c22-20-13-11-19(12-14-20)21(24,18-9-5-2-6-10-18)16-23-15-17-7-3-1-4-8-17;/h1-14,23-24H,15-16H2;1H. The van der Waals surface area contributed by atoms with Crippen LogP contribution in [0.4, 0.5) is 0 Å². The fraction of sp³-hybridized carbons (Fsp3) is 0.143. The summed E-state index contributed by atoms with van der Waals surface area (Å²) in [6, 6.07) is 27.8. The van der Waals surface area contributed by atoms with E-state index in [-0.39, 0.29) is 12.4 Å². The van der Waals surface area contributed by atoms with E-state index < -0.39 is 5.60 Å². The number of hydrogen-bond acceptors (Lipinski definition) is 2. The van der Waals surface area contributed by atoms with Crippen molar-refractivity contribution in [2.45, 2.75) is 12.1 Å². The maximum Gasteiger partial charge on any atom is 0.127 e. The molecule has 4 heteroatoms. The molecule has 25 heavy (non-hydrogen) atoms. The fourth-order valence-electron chi connectivity index (χ4n) is 2.79. The minimum atomic E-state index is -1.07. The van der Waals surface area contributed by atoms with Gasteiger partial charge in [0.25, 0.3) is 0 Å². The van der Waals surface area contributed by atoms with Gasteiger partial charge in [-0.3, -0.25) is 0 Å². The molecular formula is C21H21BrClNO. The fourth-order valence-corrected chi connectivity index (χ4v) is 3.06. The average molecular weight is 419 g/mol. The Kier molecular flexibility index (Phi) is 7.21. The number of nitrogens with one attached hydrogen (secondary N) is 1. The van der Waals surface area contributed by atoms with Crippen molar-refractivity contribution in [2.75, 3.05) is 6.54 Å². The molecule has 1 unspecified atom stereocenters. The Balaban J connectivity index is 0.00000225. The van der Waals surface area contributed by atoms with Gasteiger partial charge in [0.05, 0.1) is 0 Å². The van der Waals surface area contributed by atoms with E-state index in [0.29, 0.717) is 13.1 Å². The molecule has 0 aromatic heterocycles. The van der Waals surface area contributed by atoms with Gasteiger partial charge in [-0.1, -0.05) is 88.7 Å². The second-order valence-corrected chi connectivity index (χ2v) is 6.74. The van der Waals surface area contributed by atoms with Crippen molar-refractivity contribution in [1.82, 2.24) is 5.32 Å². The zero-order valence-corrected chi connectivity index (χ0v) is 16.1. The molecule has 0 aliphatic carbocycles. The number of hydrogen-bond donors (Lipinski definition) is 2. The van der Waals surface area contributed by atoms with Crippen LogP contribution >= 0.6 is 28.3 Å². The van der Waals surface area contributed by atoms with Gasteiger partial charge >= 0.3 is 0 Å².